The Morgan fingerprint density at radius 1 is 0.309 bits per heavy atom. The van der Waals surface area contributed by atoms with E-state index >= 15 is 0 Å². The maximum absolute atomic E-state index is 12.3. The van der Waals surface area contributed by atoms with Crippen LogP contribution in [0.1, 0.15) is 120 Å². The number of rotatable bonds is 26. The molecule has 0 rings (SSSR count). The van der Waals surface area contributed by atoms with Gasteiger partial charge in [0, 0.05) is 0 Å². The molecule has 0 aromatic carbocycles. The predicted molar refractivity (Wildman–Crippen MR) is 185 cm³/mol. The maximum Gasteiger partial charge on any atom is 0.309 e. The fraction of sp³-hybridized carbons (Fsp3) is 0.750. The number of esters is 8. The third kappa shape index (κ3) is 27.4. The van der Waals surface area contributed by atoms with Crippen molar-refractivity contribution >= 4 is 53.7 Å². The summed E-state index contributed by atoms with van der Waals surface area (Å²) in [7, 11) is 0. The van der Waals surface area contributed by atoms with E-state index in [1.165, 1.54) is 62.3 Å². The summed E-state index contributed by atoms with van der Waals surface area (Å²) in [5.41, 5.74) is 0. The molecule has 0 aliphatic heterocycles. The van der Waals surface area contributed by atoms with E-state index in [0.717, 1.165) is 0 Å². The lowest BCUT2D eigenvalue weighted by Crippen LogP contribution is -2.28. The van der Waals surface area contributed by atoms with Gasteiger partial charge in [-0.3, -0.25) is 43.2 Å². The van der Waals surface area contributed by atoms with Crippen LogP contribution in [0.4, 0.5) is 0 Å². The zero-order valence-electron chi connectivity index (χ0n) is 32.9. The van der Waals surface area contributed by atoms with E-state index in [1.807, 2.05) is 0 Å². The predicted octanol–water partition coefficient (Wildman–Crippen LogP) is 2.42. The molecule has 9 unspecified atom stereocenters. The zero-order valence-corrected chi connectivity index (χ0v) is 32.9. The number of hydrogen-bond acceptors (Lipinski definition) is 18. The van der Waals surface area contributed by atoms with Crippen molar-refractivity contribution in [3.05, 3.63) is 0 Å². The molecular formula is C36H56O19. The van der Waals surface area contributed by atoms with Gasteiger partial charge in [0.15, 0.2) is 0 Å². The summed E-state index contributed by atoms with van der Waals surface area (Å²) < 4.78 is 40.9. The lowest BCUT2D eigenvalue weighted by atomic mass is 10.2. The van der Waals surface area contributed by atoms with Gasteiger partial charge in [-0.15, -0.1) is 0 Å². The van der Waals surface area contributed by atoms with Crippen molar-refractivity contribution in [2.75, 3.05) is 0 Å². The van der Waals surface area contributed by atoms with Crippen LogP contribution in [0.15, 0.2) is 0 Å². The van der Waals surface area contributed by atoms with Gasteiger partial charge < -0.3 is 48.1 Å². The summed E-state index contributed by atoms with van der Waals surface area (Å²) >= 11 is 0. The summed E-state index contributed by atoms with van der Waals surface area (Å²) in [5, 5.41) is 17.9. The molecule has 0 radical (unpaired) electrons. The van der Waals surface area contributed by atoms with Crippen LogP contribution in [0.25, 0.3) is 0 Å². The Morgan fingerprint density at radius 3 is 0.600 bits per heavy atom. The minimum absolute atomic E-state index is 0.225. The second kappa shape index (κ2) is 26.1. The highest BCUT2D eigenvalue weighted by molar-refractivity contribution is 5.77. The summed E-state index contributed by atoms with van der Waals surface area (Å²) in [6, 6.07) is 0. The highest BCUT2D eigenvalue weighted by Crippen LogP contribution is 2.13. The van der Waals surface area contributed by atoms with Gasteiger partial charge in [0.05, 0.1) is 63.9 Å². The number of ether oxygens (including phenoxy) is 8. The van der Waals surface area contributed by atoms with Crippen molar-refractivity contribution in [2.24, 2.45) is 0 Å². The van der Waals surface area contributed by atoms with E-state index in [9.17, 15) is 48.3 Å². The van der Waals surface area contributed by atoms with Gasteiger partial charge in [-0.25, -0.2) is 0 Å². The minimum Gasteiger partial charge on any atom is -0.481 e. The Hall–Kier alpha value is -4.81. The molecule has 0 aromatic heterocycles. The number of aliphatic hydroxyl groups is 1. The quantitative estimate of drug-likeness (QED) is 0.0940. The molecule has 9 atom stereocenters. The second-order valence-electron chi connectivity index (χ2n) is 13.5. The number of carboxylic acid groups (broad SMARTS) is 1. The van der Waals surface area contributed by atoms with Gasteiger partial charge in [0.2, 0.25) is 0 Å². The summed E-state index contributed by atoms with van der Waals surface area (Å²) in [6.45, 7) is 13.0. The van der Waals surface area contributed by atoms with Crippen LogP contribution in [-0.2, 0) is 81.0 Å². The first-order valence-electron chi connectivity index (χ1n) is 17.9. The third-order valence-electron chi connectivity index (χ3n) is 6.76. The van der Waals surface area contributed by atoms with Gasteiger partial charge in [-0.1, -0.05) is 0 Å². The lowest BCUT2D eigenvalue weighted by molar-refractivity contribution is -0.164. The van der Waals surface area contributed by atoms with E-state index in [2.05, 4.69) is 0 Å². The van der Waals surface area contributed by atoms with Crippen molar-refractivity contribution in [2.45, 2.75) is 175 Å². The van der Waals surface area contributed by atoms with Crippen LogP contribution in [0, 0.1) is 0 Å². The molecule has 0 spiro atoms. The number of carbonyl (C=O) groups is 9. The molecule has 0 aliphatic carbocycles. The second-order valence-corrected chi connectivity index (χ2v) is 13.5. The largest absolute Gasteiger partial charge is 0.481 e. The van der Waals surface area contributed by atoms with Crippen LogP contribution < -0.4 is 0 Å². The number of carboxylic acids is 1. The molecule has 2 N–H and O–H groups in total. The fourth-order valence-electron chi connectivity index (χ4n) is 4.64. The van der Waals surface area contributed by atoms with Crippen molar-refractivity contribution in [1.82, 2.24) is 0 Å². The average Bonchev–Trinajstić information content (AvgIpc) is 2.94. The highest BCUT2D eigenvalue weighted by atomic mass is 16.6. The monoisotopic (exact) mass is 792 g/mol. The van der Waals surface area contributed by atoms with E-state index in [-0.39, 0.29) is 57.8 Å². The molecular weight excluding hydrogens is 736 g/mol. The fourth-order valence-corrected chi connectivity index (χ4v) is 4.64. The first-order valence-corrected chi connectivity index (χ1v) is 17.9. The van der Waals surface area contributed by atoms with Gasteiger partial charge in [0.25, 0.3) is 0 Å². The Balaban J connectivity index is 4.43. The Kier molecular flexibility index (Phi) is 23.8. The molecule has 0 amide bonds. The molecule has 0 saturated heterocycles. The minimum atomic E-state index is -1.13. The standard InChI is InChI=1S/C36H56O19/c1-19(37)10-29(40)49-21(3)12-31(42)51-23(5)14-33(44)53-25(7)16-35(46)55-27(9)18-36(47)54-26(8)17-34(45)52-24(6)15-32(43)50-22(4)13-30(41)48-20(2)11-28(38)39/h19-27,37H,10-18H2,1-9H3,(H,38,39). The van der Waals surface area contributed by atoms with Crippen LogP contribution in [0.2, 0.25) is 0 Å². The van der Waals surface area contributed by atoms with Gasteiger partial charge in [-0.05, 0) is 62.3 Å². The van der Waals surface area contributed by atoms with E-state index in [0.29, 0.717) is 0 Å². The highest BCUT2D eigenvalue weighted by Gasteiger charge is 2.25. The van der Waals surface area contributed by atoms with Gasteiger partial charge >= 0.3 is 53.7 Å². The van der Waals surface area contributed by atoms with E-state index < -0.39 is 109 Å². The number of hydrogen-bond donors (Lipinski definition) is 2. The molecule has 19 nitrogen and oxygen atoms in total. The smallest absolute Gasteiger partial charge is 0.309 e. The summed E-state index contributed by atoms with van der Waals surface area (Å²) in [5.74, 6) is -7.13. The average molecular weight is 793 g/mol. The number of aliphatic hydroxyl groups excluding tert-OH is 1. The van der Waals surface area contributed by atoms with Crippen molar-refractivity contribution < 1.29 is 91.3 Å². The third-order valence-corrected chi connectivity index (χ3v) is 6.76. The zero-order chi connectivity index (χ0) is 42.4. The van der Waals surface area contributed by atoms with Crippen LogP contribution in [0.3, 0.4) is 0 Å². The Morgan fingerprint density at radius 2 is 0.455 bits per heavy atom. The van der Waals surface area contributed by atoms with Gasteiger partial charge in [0.1, 0.15) is 48.8 Å². The lowest BCUT2D eigenvalue weighted by Gasteiger charge is -2.19. The molecule has 0 heterocycles. The molecule has 0 saturated carbocycles. The molecule has 314 valence electrons. The molecule has 0 bridgehead atoms. The topological polar surface area (TPSA) is 268 Å². The van der Waals surface area contributed by atoms with E-state index in [4.69, 9.17) is 43.0 Å². The first-order chi connectivity index (χ1) is 25.4. The molecule has 0 fully saturated rings. The Labute approximate surface area is 319 Å². The van der Waals surface area contributed by atoms with Gasteiger partial charge in [-0.2, -0.15) is 0 Å². The molecule has 55 heavy (non-hydrogen) atoms. The normalized spacial score (nSPS) is 15.8. The molecule has 19 heteroatoms. The summed E-state index contributed by atoms with van der Waals surface area (Å²) in [6.07, 6.45) is -10.9. The number of aliphatic carboxylic acids is 1. The van der Waals surface area contributed by atoms with E-state index in [1.54, 1.807) is 0 Å². The Bertz CT molecular complexity index is 1310. The molecule has 0 aliphatic rings. The number of carbonyl (C=O) groups excluding carboxylic acids is 8. The molecule has 0 aromatic rings. The van der Waals surface area contributed by atoms with Crippen molar-refractivity contribution in [3.8, 4) is 0 Å². The van der Waals surface area contributed by atoms with Crippen LogP contribution in [-0.4, -0.2) is 119 Å². The van der Waals surface area contributed by atoms with Crippen molar-refractivity contribution in [3.63, 3.8) is 0 Å². The van der Waals surface area contributed by atoms with Crippen molar-refractivity contribution in [1.29, 1.82) is 0 Å². The maximum atomic E-state index is 12.3. The SMILES string of the molecule is CC(O)CC(=O)OC(C)CC(=O)OC(C)CC(=O)OC(C)CC(=O)OC(C)CC(=O)OC(C)CC(=O)OC(C)CC(=O)OC(C)CC(=O)OC(C)CC(=O)O. The first kappa shape index (κ1) is 50.2. The summed E-state index contributed by atoms with van der Waals surface area (Å²) in [4.78, 5) is 108. The van der Waals surface area contributed by atoms with Crippen LogP contribution in [0.5, 0.6) is 0 Å². The van der Waals surface area contributed by atoms with Crippen LogP contribution >= 0.6 is 0 Å².